The molecule has 0 saturated heterocycles. The number of amides is 2. The van der Waals surface area contributed by atoms with Crippen LogP contribution in [0, 0.1) is 0 Å². The van der Waals surface area contributed by atoms with Gasteiger partial charge >= 0.3 is 0 Å². The molecule has 0 aliphatic carbocycles. The first-order valence-electron chi connectivity index (χ1n) is 13.3. The first-order chi connectivity index (χ1) is 18.9. The Morgan fingerprint density at radius 1 is 0.850 bits per heavy atom. The van der Waals surface area contributed by atoms with Gasteiger partial charge in [-0.1, -0.05) is 90.4 Å². The van der Waals surface area contributed by atoms with Crippen molar-refractivity contribution in [1.82, 2.24) is 10.2 Å². The molecule has 1 atom stereocenters. The van der Waals surface area contributed by atoms with Crippen molar-refractivity contribution in [3.8, 4) is 0 Å². The Bertz CT molecular complexity index is 1390. The average Bonchev–Trinajstić information content (AvgIpc) is 2.89. The van der Waals surface area contributed by atoms with E-state index in [-0.39, 0.29) is 30.8 Å². The third-order valence-corrected chi connectivity index (χ3v) is 8.13. The van der Waals surface area contributed by atoms with E-state index in [1.54, 1.807) is 12.1 Å². The Morgan fingerprint density at radius 3 is 2.02 bits per heavy atom. The van der Waals surface area contributed by atoms with E-state index in [1.165, 1.54) is 4.90 Å². The van der Waals surface area contributed by atoms with Crippen LogP contribution in [0.5, 0.6) is 0 Å². The Kier molecular flexibility index (Phi) is 10.9. The third-order valence-electron chi connectivity index (χ3n) is 6.47. The minimum Gasteiger partial charge on any atom is -0.352 e. The number of nitrogens with zero attached hydrogens (tertiary/aromatic N) is 2. The maximum atomic E-state index is 14.2. The summed E-state index contributed by atoms with van der Waals surface area (Å²) in [6, 6.07) is 23.2. The lowest BCUT2D eigenvalue weighted by molar-refractivity contribution is -0.140. The Balaban J connectivity index is 2.09. The Hall–Kier alpha value is -3.17. The summed E-state index contributed by atoms with van der Waals surface area (Å²) in [5, 5.41) is 2.96. The van der Waals surface area contributed by atoms with Gasteiger partial charge in [0.1, 0.15) is 12.6 Å². The molecule has 0 fully saturated rings. The summed E-state index contributed by atoms with van der Waals surface area (Å²) >= 11 is 3.44. The minimum absolute atomic E-state index is 0.0390. The van der Waals surface area contributed by atoms with E-state index in [2.05, 4.69) is 21.2 Å². The number of nitrogens with one attached hydrogen (secondary N) is 1. The van der Waals surface area contributed by atoms with Gasteiger partial charge in [0, 0.05) is 23.5 Å². The molecule has 0 bridgehead atoms. The van der Waals surface area contributed by atoms with Gasteiger partial charge in [0.15, 0.2) is 0 Å². The zero-order valence-electron chi connectivity index (χ0n) is 23.7. The SMILES string of the molecule is CC(C)NC(=O)[C@@H](Cc1ccccc1)N(Cc1ccc(Br)cc1)C(=O)CN(c1ccccc1C(C)C)S(C)(=O)=O. The van der Waals surface area contributed by atoms with E-state index in [9.17, 15) is 18.0 Å². The quantitative estimate of drug-likeness (QED) is 0.287. The molecule has 2 amide bonds. The summed E-state index contributed by atoms with van der Waals surface area (Å²) in [7, 11) is -3.83. The molecule has 3 rings (SSSR count). The van der Waals surface area contributed by atoms with Gasteiger partial charge in [-0.2, -0.15) is 0 Å². The van der Waals surface area contributed by atoms with Crippen molar-refractivity contribution in [2.75, 3.05) is 17.1 Å². The summed E-state index contributed by atoms with van der Waals surface area (Å²) in [5.74, 6) is -0.721. The molecule has 0 aliphatic rings. The average molecular weight is 629 g/mol. The van der Waals surface area contributed by atoms with Crippen LogP contribution in [0.3, 0.4) is 0 Å². The number of anilines is 1. The monoisotopic (exact) mass is 627 g/mol. The molecule has 40 heavy (non-hydrogen) atoms. The maximum absolute atomic E-state index is 14.2. The summed E-state index contributed by atoms with van der Waals surface area (Å²) < 4.78 is 28.2. The molecule has 0 heterocycles. The lowest BCUT2D eigenvalue weighted by Gasteiger charge is -2.34. The summed E-state index contributed by atoms with van der Waals surface area (Å²) in [6.45, 7) is 7.40. The lowest BCUT2D eigenvalue weighted by atomic mass is 10.0. The summed E-state index contributed by atoms with van der Waals surface area (Å²) in [6.07, 6.45) is 1.38. The van der Waals surface area contributed by atoms with Crippen LogP contribution in [0.25, 0.3) is 0 Å². The van der Waals surface area contributed by atoms with Crippen molar-refractivity contribution < 1.29 is 18.0 Å². The number of rotatable bonds is 12. The Labute approximate surface area is 246 Å². The predicted octanol–water partition coefficient (Wildman–Crippen LogP) is 5.50. The topological polar surface area (TPSA) is 86.8 Å². The maximum Gasteiger partial charge on any atom is 0.244 e. The first kappa shape index (κ1) is 31.4. The molecule has 3 aromatic rings. The van der Waals surface area contributed by atoms with Crippen molar-refractivity contribution in [2.24, 2.45) is 0 Å². The zero-order chi connectivity index (χ0) is 29.4. The van der Waals surface area contributed by atoms with Gasteiger partial charge in [0.2, 0.25) is 21.8 Å². The molecule has 1 N–H and O–H groups in total. The number of carbonyl (C=O) groups excluding carboxylic acids is 2. The van der Waals surface area contributed by atoms with Crippen molar-refractivity contribution in [2.45, 2.75) is 58.7 Å². The predicted molar refractivity (Wildman–Crippen MR) is 165 cm³/mol. The highest BCUT2D eigenvalue weighted by molar-refractivity contribution is 9.10. The molecule has 0 saturated carbocycles. The second-order valence-electron chi connectivity index (χ2n) is 10.5. The standard InChI is InChI=1S/C31H38BrN3O4S/c1-22(2)27-13-9-10-14-28(27)35(40(5,38)39)21-30(36)34(20-25-15-17-26(32)18-16-25)29(31(37)33-23(3)4)19-24-11-7-6-8-12-24/h6-18,22-23,29H,19-21H2,1-5H3,(H,33,37)/t29-/m1/s1. The largest absolute Gasteiger partial charge is 0.352 e. The molecule has 3 aromatic carbocycles. The highest BCUT2D eigenvalue weighted by Gasteiger charge is 2.33. The lowest BCUT2D eigenvalue weighted by Crippen LogP contribution is -2.54. The number of hydrogen-bond donors (Lipinski definition) is 1. The van der Waals surface area contributed by atoms with Gasteiger partial charge in [0.05, 0.1) is 11.9 Å². The molecule has 9 heteroatoms. The molecule has 0 aliphatic heterocycles. The van der Waals surface area contributed by atoms with E-state index in [1.807, 2.05) is 94.4 Å². The van der Waals surface area contributed by atoms with Crippen LogP contribution in [-0.2, 0) is 32.6 Å². The van der Waals surface area contributed by atoms with Crippen LogP contribution in [0.15, 0.2) is 83.3 Å². The number of benzene rings is 3. The van der Waals surface area contributed by atoms with E-state index >= 15 is 0 Å². The van der Waals surface area contributed by atoms with Crippen LogP contribution in [0.1, 0.15) is 50.3 Å². The number of sulfonamides is 1. The number of halogens is 1. The van der Waals surface area contributed by atoms with Gasteiger partial charge < -0.3 is 10.2 Å². The van der Waals surface area contributed by atoms with Gasteiger partial charge in [-0.05, 0) is 54.7 Å². The van der Waals surface area contributed by atoms with Crippen molar-refractivity contribution in [3.63, 3.8) is 0 Å². The van der Waals surface area contributed by atoms with Crippen molar-refractivity contribution in [1.29, 1.82) is 0 Å². The molecule has 0 unspecified atom stereocenters. The third kappa shape index (κ3) is 8.66. The number of carbonyl (C=O) groups is 2. The van der Waals surface area contributed by atoms with Crippen LogP contribution in [-0.4, -0.2) is 50.0 Å². The van der Waals surface area contributed by atoms with Crippen molar-refractivity contribution >= 4 is 43.5 Å². The second-order valence-corrected chi connectivity index (χ2v) is 13.3. The highest BCUT2D eigenvalue weighted by Crippen LogP contribution is 2.29. The summed E-state index contributed by atoms with van der Waals surface area (Å²) in [5.41, 5.74) is 2.99. The van der Waals surface area contributed by atoms with Crippen LogP contribution in [0.4, 0.5) is 5.69 Å². The second kappa shape index (κ2) is 13.9. The highest BCUT2D eigenvalue weighted by atomic mass is 79.9. The summed E-state index contributed by atoms with van der Waals surface area (Å²) in [4.78, 5) is 29.3. The molecule has 0 spiro atoms. The molecule has 7 nitrogen and oxygen atoms in total. The molecular formula is C31H38BrN3O4S. The van der Waals surface area contributed by atoms with Gasteiger partial charge in [-0.15, -0.1) is 0 Å². The first-order valence-corrected chi connectivity index (χ1v) is 16.0. The van der Waals surface area contributed by atoms with E-state index in [0.29, 0.717) is 5.69 Å². The molecular weight excluding hydrogens is 590 g/mol. The molecule has 0 radical (unpaired) electrons. The normalized spacial score (nSPS) is 12.3. The van der Waals surface area contributed by atoms with Gasteiger partial charge in [-0.3, -0.25) is 13.9 Å². The number of hydrogen-bond acceptors (Lipinski definition) is 4. The van der Waals surface area contributed by atoms with Crippen LogP contribution >= 0.6 is 15.9 Å². The van der Waals surface area contributed by atoms with Crippen LogP contribution in [0.2, 0.25) is 0 Å². The minimum atomic E-state index is -3.83. The molecule has 0 aromatic heterocycles. The van der Waals surface area contributed by atoms with Gasteiger partial charge in [-0.25, -0.2) is 8.42 Å². The molecule has 214 valence electrons. The van der Waals surface area contributed by atoms with E-state index < -0.39 is 28.5 Å². The van der Waals surface area contributed by atoms with Crippen LogP contribution < -0.4 is 9.62 Å². The van der Waals surface area contributed by atoms with Crippen molar-refractivity contribution in [3.05, 3.63) is 100 Å². The zero-order valence-corrected chi connectivity index (χ0v) is 26.1. The van der Waals surface area contributed by atoms with E-state index in [0.717, 1.165) is 31.7 Å². The van der Waals surface area contributed by atoms with Gasteiger partial charge in [0.25, 0.3) is 0 Å². The Morgan fingerprint density at radius 2 is 1.45 bits per heavy atom. The fraction of sp³-hybridized carbons (Fsp3) is 0.355. The fourth-order valence-corrected chi connectivity index (χ4v) is 5.65. The number of para-hydroxylation sites is 1. The fourth-order valence-electron chi connectivity index (χ4n) is 4.52. The van der Waals surface area contributed by atoms with E-state index in [4.69, 9.17) is 0 Å². The smallest absolute Gasteiger partial charge is 0.244 e.